The van der Waals surface area contributed by atoms with Gasteiger partial charge < -0.3 is 18.9 Å². The number of ether oxygens (including phenoxy) is 4. The first kappa shape index (κ1) is 38.9. The topological polar surface area (TPSA) is 105 Å². The monoisotopic (exact) mass is 782 g/mol. The van der Waals surface area contributed by atoms with Crippen molar-refractivity contribution in [2.45, 2.75) is 78.1 Å². The zero-order valence-corrected chi connectivity index (χ0v) is 31.0. The maximum Gasteiger partial charge on any atom is 0.423 e. The quantitative estimate of drug-likeness (QED) is 0.0689. The summed E-state index contributed by atoms with van der Waals surface area (Å²) >= 11 is 37.4. The third-order valence-electron chi connectivity index (χ3n) is 9.20. The van der Waals surface area contributed by atoms with Gasteiger partial charge in [0.25, 0.3) is 0 Å². The fourth-order valence-corrected chi connectivity index (χ4v) is 7.90. The van der Waals surface area contributed by atoms with Crippen LogP contribution in [-0.2, 0) is 19.1 Å². The predicted molar refractivity (Wildman–Crippen MR) is 186 cm³/mol. The number of halogens is 6. The van der Waals surface area contributed by atoms with Gasteiger partial charge in [-0.05, 0) is 61.5 Å². The van der Waals surface area contributed by atoms with Crippen molar-refractivity contribution in [1.82, 2.24) is 0 Å². The highest BCUT2D eigenvalue weighted by Crippen LogP contribution is 2.42. The summed E-state index contributed by atoms with van der Waals surface area (Å²) in [5, 5.41) is -1.43. The third kappa shape index (κ3) is 9.64. The number of hydrogen-bond acceptors (Lipinski definition) is 8. The van der Waals surface area contributed by atoms with Gasteiger partial charge in [0.1, 0.15) is 11.1 Å². The number of rotatable bonds is 12. The van der Waals surface area contributed by atoms with Gasteiger partial charge in [0.15, 0.2) is 11.5 Å². The molecule has 0 aliphatic heterocycles. The van der Waals surface area contributed by atoms with Crippen LogP contribution in [-0.4, -0.2) is 37.1 Å². The van der Waals surface area contributed by atoms with E-state index in [9.17, 15) is 19.2 Å². The van der Waals surface area contributed by atoms with E-state index < -0.39 is 46.5 Å². The maximum absolute atomic E-state index is 13.1. The molecular weight excluding hydrogens is 749 g/mol. The van der Waals surface area contributed by atoms with Gasteiger partial charge in [0, 0.05) is 0 Å². The lowest BCUT2D eigenvalue weighted by Gasteiger charge is -2.17. The largest absolute Gasteiger partial charge is 0.462 e. The zero-order valence-electron chi connectivity index (χ0n) is 26.5. The van der Waals surface area contributed by atoms with Gasteiger partial charge in [0.2, 0.25) is 0 Å². The second-order valence-corrected chi connectivity index (χ2v) is 14.8. The highest BCUT2D eigenvalue weighted by molar-refractivity contribution is 6.47. The van der Waals surface area contributed by atoms with Crippen molar-refractivity contribution in [2.75, 3.05) is 13.2 Å². The summed E-state index contributed by atoms with van der Waals surface area (Å²) in [6, 6.07) is 2.27. The average molecular weight is 785 g/mol. The Kier molecular flexibility index (Phi) is 14.4. The molecule has 262 valence electrons. The molecule has 4 unspecified atom stereocenters. The summed E-state index contributed by atoms with van der Waals surface area (Å²) in [5.74, 6) is -3.97. The van der Waals surface area contributed by atoms with E-state index in [4.69, 9.17) is 88.6 Å². The minimum atomic E-state index is -1.63. The van der Waals surface area contributed by atoms with E-state index in [0.29, 0.717) is 36.5 Å². The SMILES string of the molecule is CC1CCCC1CCCOC(=O)c1c(Cl)c(Cl)cc(Cl)c1OC(=O)C(=O)Oc1c(Cl)cc(Cl)c(Cl)c1C(=O)OCCCC1CCCC1C. The van der Waals surface area contributed by atoms with E-state index in [-0.39, 0.29) is 43.3 Å². The summed E-state index contributed by atoms with van der Waals surface area (Å²) < 4.78 is 21.2. The predicted octanol–water partition coefficient (Wildman–Crippen LogP) is 10.9. The van der Waals surface area contributed by atoms with Crippen LogP contribution in [0.15, 0.2) is 12.1 Å². The molecule has 2 aliphatic carbocycles. The molecule has 0 N–H and O–H groups in total. The molecule has 2 fully saturated rings. The van der Waals surface area contributed by atoms with E-state index in [1.54, 1.807) is 0 Å². The number of carbonyl (C=O) groups excluding carboxylic acids is 4. The first-order valence-electron chi connectivity index (χ1n) is 15.9. The fraction of sp³-hybridized carbons (Fsp3) is 0.529. The van der Waals surface area contributed by atoms with Crippen molar-refractivity contribution in [2.24, 2.45) is 23.7 Å². The summed E-state index contributed by atoms with van der Waals surface area (Å²) in [6.07, 6.45) is 10.0. The Balaban J connectivity index is 1.45. The molecule has 0 heterocycles. The second-order valence-electron chi connectivity index (χ2n) is 12.4. The van der Waals surface area contributed by atoms with Crippen molar-refractivity contribution in [3.8, 4) is 11.5 Å². The molecule has 0 bridgehead atoms. The van der Waals surface area contributed by atoms with Crippen LogP contribution in [0.2, 0.25) is 30.1 Å². The van der Waals surface area contributed by atoms with Crippen molar-refractivity contribution >= 4 is 93.5 Å². The highest BCUT2D eigenvalue weighted by Gasteiger charge is 2.32. The molecule has 0 spiro atoms. The molecule has 4 rings (SSSR count). The lowest BCUT2D eigenvalue weighted by Crippen LogP contribution is -2.27. The van der Waals surface area contributed by atoms with E-state index in [1.807, 2.05) is 0 Å². The Morgan fingerprint density at radius 1 is 0.604 bits per heavy atom. The molecule has 2 saturated carbocycles. The minimum Gasteiger partial charge on any atom is -0.462 e. The van der Waals surface area contributed by atoms with Crippen LogP contribution < -0.4 is 9.47 Å². The molecule has 8 nitrogen and oxygen atoms in total. The second kappa shape index (κ2) is 17.8. The molecule has 4 atom stereocenters. The molecule has 0 saturated heterocycles. The van der Waals surface area contributed by atoms with Crippen molar-refractivity contribution in [1.29, 1.82) is 0 Å². The van der Waals surface area contributed by atoms with Crippen LogP contribution in [0.1, 0.15) is 98.8 Å². The zero-order chi connectivity index (χ0) is 35.1. The van der Waals surface area contributed by atoms with E-state index >= 15 is 0 Å². The first-order chi connectivity index (χ1) is 22.8. The van der Waals surface area contributed by atoms with E-state index in [1.165, 1.54) is 25.7 Å². The normalized spacial score (nSPS) is 20.4. The van der Waals surface area contributed by atoms with Crippen molar-refractivity contribution in [3.05, 3.63) is 53.4 Å². The van der Waals surface area contributed by atoms with Crippen molar-refractivity contribution in [3.63, 3.8) is 0 Å². The van der Waals surface area contributed by atoms with E-state index in [0.717, 1.165) is 37.8 Å². The summed E-state index contributed by atoms with van der Waals surface area (Å²) in [4.78, 5) is 52.2. The van der Waals surface area contributed by atoms with Gasteiger partial charge in [-0.3, -0.25) is 0 Å². The van der Waals surface area contributed by atoms with Gasteiger partial charge in [-0.25, -0.2) is 19.2 Å². The minimum absolute atomic E-state index is 0.0757. The van der Waals surface area contributed by atoms with E-state index in [2.05, 4.69) is 13.8 Å². The van der Waals surface area contributed by atoms with Crippen LogP contribution in [0.25, 0.3) is 0 Å². The Morgan fingerprint density at radius 3 is 1.31 bits per heavy atom. The van der Waals surface area contributed by atoms with Gasteiger partial charge in [-0.2, -0.15) is 0 Å². The number of carbonyl (C=O) groups is 4. The van der Waals surface area contributed by atoms with Crippen LogP contribution in [0.4, 0.5) is 0 Å². The Bertz CT molecular complexity index is 1430. The Hall–Kier alpha value is -1.94. The number of benzene rings is 2. The van der Waals surface area contributed by atoms with Gasteiger partial charge >= 0.3 is 23.9 Å². The van der Waals surface area contributed by atoms with Gasteiger partial charge in [0.05, 0.1) is 43.3 Å². The lowest BCUT2D eigenvalue weighted by molar-refractivity contribution is -0.156. The molecule has 0 radical (unpaired) electrons. The molecular formula is C34H36Cl6O8. The van der Waals surface area contributed by atoms with Gasteiger partial charge in [-0.15, -0.1) is 0 Å². The molecule has 0 amide bonds. The van der Waals surface area contributed by atoms with Crippen LogP contribution in [0, 0.1) is 23.7 Å². The molecule has 2 aromatic rings. The van der Waals surface area contributed by atoms with Crippen LogP contribution in [0.3, 0.4) is 0 Å². The summed E-state index contributed by atoms with van der Waals surface area (Å²) in [5.41, 5.74) is -0.901. The lowest BCUT2D eigenvalue weighted by atomic mass is 9.93. The van der Waals surface area contributed by atoms with Gasteiger partial charge in [-0.1, -0.05) is 122 Å². The highest BCUT2D eigenvalue weighted by atomic mass is 35.5. The summed E-state index contributed by atoms with van der Waals surface area (Å²) in [6.45, 7) is 4.58. The standard InChI is InChI=1S/C34H36Cl6O8/c1-17-7-3-9-19(17)11-5-13-45-31(41)25-27(39)21(35)15-23(37)29(25)47-33(43)34(44)48-30-24(38)16-22(36)28(40)26(30)32(42)46-14-6-12-20-10-4-8-18(20)2/h15-20H,3-14H2,1-2H3. The number of esters is 4. The van der Waals surface area contributed by atoms with Crippen LogP contribution >= 0.6 is 69.6 Å². The summed E-state index contributed by atoms with van der Waals surface area (Å²) in [7, 11) is 0. The maximum atomic E-state index is 13.1. The molecule has 0 aromatic heterocycles. The molecule has 14 heteroatoms. The average Bonchev–Trinajstić information content (AvgIpc) is 3.65. The Labute approximate surface area is 309 Å². The Morgan fingerprint density at radius 2 is 0.979 bits per heavy atom. The molecule has 2 aliphatic rings. The third-order valence-corrected chi connectivity index (χ3v) is 11.3. The van der Waals surface area contributed by atoms with Crippen molar-refractivity contribution < 1.29 is 38.1 Å². The number of hydrogen-bond donors (Lipinski definition) is 0. The first-order valence-corrected chi connectivity index (χ1v) is 18.2. The smallest absolute Gasteiger partial charge is 0.423 e. The van der Waals surface area contributed by atoms with Crippen LogP contribution in [0.5, 0.6) is 11.5 Å². The molecule has 48 heavy (non-hydrogen) atoms. The fourth-order valence-electron chi connectivity index (χ4n) is 6.46. The molecule has 2 aromatic carbocycles.